The lowest BCUT2D eigenvalue weighted by molar-refractivity contribution is 0.303. The minimum Gasteiger partial charge on any atom is -0.497 e. The summed E-state index contributed by atoms with van der Waals surface area (Å²) < 4.78 is 5.08. The van der Waals surface area contributed by atoms with E-state index >= 15 is 0 Å². The quantitative estimate of drug-likeness (QED) is 0.620. The van der Waals surface area contributed by atoms with Crippen molar-refractivity contribution in [2.24, 2.45) is 5.84 Å². The van der Waals surface area contributed by atoms with Crippen LogP contribution in [0, 0.1) is 0 Å². The molecule has 0 aliphatic heterocycles. The Balaban J connectivity index is 0.00000196. The van der Waals surface area contributed by atoms with Gasteiger partial charge in [0.2, 0.25) is 0 Å². The summed E-state index contributed by atoms with van der Waals surface area (Å²) in [4.78, 5) is 0. The van der Waals surface area contributed by atoms with Crippen LogP contribution in [0.25, 0.3) is 0 Å². The Hall–Kier alpha value is -0.770. The average Bonchev–Trinajstić information content (AvgIpc) is 2.26. The molecule has 2 N–H and O–H groups in total. The molecule has 3 nitrogen and oxygen atoms in total. The van der Waals surface area contributed by atoms with E-state index in [0.717, 1.165) is 25.3 Å². The first-order valence-electron chi connectivity index (χ1n) is 4.89. The summed E-state index contributed by atoms with van der Waals surface area (Å²) >= 11 is 0. The van der Waals surface area contributed by atoms with Crippen LogP contribution in [0.2, 0.25) is 0 Å². The van der Waals surface area contributed by atoms with Gasteiger partial charge in [-0.25, -0.2) is 5.01 Å². The zero-order chi connectivity index (χ0) is 10.4. The Morgan fingerprint density at radius 1 is 1.27 bits per heavy atom. The van der Waals surface area contributed by atoms with Gasteiger partial charge in [-0.05, 0) is 24.1 Å². The summed E-state index contributed by atoms with van der Waals surface area (Å²) in [5.74, 6) is 6.58. The second kappa shape index (κ2) is 7.51. The highest BCUT2D eigenvalue weighted by atomic mass is 35.5. The molecule has 0 amide bonds. The van der Waals surface area contributed by atoms with E-state index in [4.69, 9.17) is 10.6 Å². The highest BCUT2D eigenvalue weighted by molar-refractivity contribution is 5.85. The van der Waals surface area contributed by atoms with Crippen LogP contribution in [-0.2, 0) is 6.42 Å². The Morgan fingerprint density at radius 3 is 2.33 bits per heavy atom. The van der Waals surface area contributed by atoms with E-state index in [9.17, 15) is 0 Å². The van der Waals surface area contributed by atoms with Crippen molar-refractivity contribution in [3.05, 3.63) is 29.8 Å². The van der Waals surface area contributed by atoms with Gasteiger partial charge in [0, 0.05) is 13.1 Å². The van der Waals surface area contributed by atoms with Crippen LogP contribution >= 0.6 is 12.4 Å². The van der Waals surface area contributed by atoms with Gasteiger partial charge in [0.05, 0.1) is 7.11 Å². The fourth-order valence-corrected chi connectivity index (χ4v) is 1.22. The number of ether oxygens (including phenoxy) is 1. The molecule has 0 unspecified atom stereocenters. The fraction of sp³-hybridized carbons (Fsp3) is 0.455. The maximum absolute atomic E-state index is 5.69. The molecule has 1 aromatic carbocycles. The molecule has 1 rings (SSSR count). The normalized spacial score (nSPS) is 9.87. The van der Waals surface area contributed by atoms with Crippen molar-refractivity contribution in [3.63, 3.8) is 0 Å². The van der Waals surface area contributed by atoms with Crippen molar-refractivity contribution < 1.29 is 4.74 Å². The van der Waals surface area contributed by atoms with Gasteiger partial charge < -0.3 is 4.74 Å². The van der Waals surface area contributed by atoms with E-state index < -0.39 is 0 Å². The van der Waals surface area contributed by atoms with Crippen LogP contribution < -0.4 is 10.6 Å². The fourth-order valence-electron chi connectivity index (χ4n) is 1.22. The highest BCUT2D eigenvalue weighted by Crippen LogP contribution is 2.11. The molecule has 1 aromatic rings. The summed E-state index contributed by atoms with van der Waals surface area (Å²) in [5.41, 5.74) is 1.29. The van der Waals surface area contributed by atoms with Crippen LogP contribution in [0.15, 0.2) is 24.3 Å². The lowest BCUT2D eigenvalue weighted by Gasteiger charge is -2.13. The molecule has 0 aliphatic rings. The van der Waals surface area contributed by atoms with E-state index in [0.29, 0.717) is 0 Å². The molecule has 0 heterocycles. The van der Waals surface area contributed by atoms with Gasteiger partial charge in [0.15, 0.2) is 0 Å². The SMILES string of the molecule is CCN(N)CCc1ccc(OC)cc1.Cl. The second-order valence-corrected chi connectivity index (χ2v) is 3.23. The molecule has 0 aromatic heterocycles. The van der Waals surface area contributed by atoms with E-state index in [-0.39, 0.29) is 12.4 Å². The summed E-state index contributed by atoms with van der Waals surface area (Å²) in [7, 11) is 1.67. The van der Waals surface area contributed by atoms with Gasteiger partial charge >= 0.3 is 0 Å². The molecule has 0 radical (unpaired) electrons. The van der Waals surface area contributed by atoms with Crippen LogP contribution in [0.5, 0.6) is 5.75 Å². The Labute approximate surface area is 97.6 Å². The first-order chi connectivity index (χ1) is 6.76. The molecule has 0 atom stereocenters. The van der Waals surface area contributed by atoms with Gasteiger partial charge in [-0.2, -0.15) is 0 Å². The van der Waals surface area contributed by atoms with E-state index in [2.05, 4.69) is 12.1 Å². The number of likely N-dealkylation sites (N-methyl/N-ethyl adjacent to an activating group) is 1. The summed E-state index contributed by atoms with van der Waals surface area (Å²) in [6.45, 7) is 3.83. The van der Waals surface area contributed by atoms with Gasteiger partial charge in [-0.1, -0.05) is 19.1 Å². The summed E-state index contributed by atoms with van der Waals surface area (Å²) in [5, 5.41) is 1.81. The summed E-state index contributed by atoms with van der Waals surface area (Å²) in [6, 6.07) is 8.09. The molecule has 0 aliphatic carbocycles. The summed E-state index contributed by atoms with van der Waals surface area (Å²) in [6.07, 6.45) is 0.980. The number of nitrogens with zero attached hydrogens (tertiary/aromatic N) is 1. The maximum Gasteiger partial charge on any atom is 0.118 e. The first kappa shape index (κ1) is 14.2. The van der Waals surface area contributed by atoms with Gasteiger partial charge in [-0.15, -0.1) is 12.4 Å². The van der Waals surface area contributed by atoms with Crippen molar-refractivity contribution in [2.45, 2.75) is 13.3 Å². The molecule has 0 saturated carbocycles. The molecule has 86 valence electrons. The standard InChI is InChI=1S/C11H18N2O.ClH/c1-3-13(12)9-8-10-4-6-11(14-2)7-5-10;/h4-7H,3,8-9,12H2,1-2H3;1H. The van der Waals surface area contributed by atoms with Crippen LogP contribution in [0.4, 0.5) is 0 Å². The predicted molar refractivity (Wildman–Crippen MR) is 65.4 cm³/mol. The number of nitrogens with two attached hydrogens (primary N) is 1. The van der Waals surface area contributed by atoms with Crippen LogP contribution in [0.3, 0.4) is 0 Å². The number of hydrazine groups is 1. The van der Waals surface area contributed by atoms with E-state index in [1.165, 1.54) is 5.56 Å². The third-order valence-corrected chi connectivity index (χ3v) is 2.25. The van der Waals surface area contributed by atoms with Crippen molar-refractivity contribution in [1.82, 2.24) is 5.01 Å². The molecule has 0 fully saturated rings. The predicted octanol–water partition coefficient (Wildman–Crippen LogP) is 1.86. The van der Waals surface area contributed by atoms with Gasteiger partial charge in [-0.3, -0.25) is 5.84 Å². The first-order valence-corrected chi connectivity index (χ1v) is 4.89. The lowest BCUT2D eigenvalue weighted by Crippen LogP contribution is -2.32. The third kappa shape index (κ3) is 5.02. The minimum absolute atomic E-state index is 0. The third-order valence-electron chi connectivity index (χ3n) is 2.25. The maximum atomic E-state index is 5.69. The molecular formula is C11H19ClN2O. The van der Waals surface area contributed by atoms with Crippen molar-refractivity contribution >= 4 is 12.4 Å². The zero-order valence-corrected chi connectivity index (χ0v) is 10.1. The average molecular weight is 231 g/mol. The van der Waals surface area contributed by atoms with Gasteiger partial charge in [0.1, 0.15) is 5.75 Å². The minimum atomic E-state index is 0. The van der Waals surface area contributed by atoms with E-state index in [1.807, 2.05) is 24.1 Å². The Morgan fingerprint density at radius 2 is 1.87 bits per heavy atom. The zero-order valence-electron chi connectivity index (χ0n) is 9.27. The molecule has 15 heavy (non-hydrogen) atoms. The number of hydrogen-bond donors (Lipinski definition) is 1. The molecular weight excluding hydrogens is 212 g/mol. The largest absolute Gasteiger partial charge is 0.497 e. The molecule has 0 saturated heterocycles. The Bertz CT molecular complexity index is 264. The smallest absolute Gasteiger partial charge is 0.118 e. The number of methoxy groups -OCH3 is 1. The molecule has 4 heteroatoms. The lowest BCUT2D eigenvalue weighted by atomic mass is 10.1. The topological polar surface area (TPSA) is 38.5 Å². The van der Waals surface area contributed by atoms with Crippen LogP contribution in [-0.4, -0.2) is 25.2 Å². The number of halogens is 1. The number of hydrogen-bond acceptors (Lipinski definition) is 3. The van der Waals surface area contributed by atoms with Gasteiger partial charge in [0.25, 0.3) is 0 Å². The van der Waals surface area contributed by atoms with Crippen molar-refractivity contribution in [3.8, 4) is 5.75 Å². The van der Waals surface area contributed by atoms with Crippen LogP contribution in [0.1, 0.15) is 12.5 Å². The number of benzene rings is 1. The highest BCUT2D eigenvalue weighted by Gasteiger charge is 1.97. The monoisotopic (exact) mass is 230 g/mol. The van der Waals surface area contributed by atoms with Crippen molar-refractivity contribution in [1.29, 1.82) is 0 Å². The number of rotatable bonds is 5. The van der Waals surface area contributed by atoms with E-state index in [1.54, 1.807) is 7.11 Å². The Kier molecular flexibility index (Phi) is 7.13. The molecule has 0 bridgehead atoms. The molecule has 0 spiro atoms. The second-order valence-electron chi connectivity index (χ2n) is 3.23. The van der Waals surface area contributed by atoms with Crippen molar-refractivity contribution in [2.75, 3.05) is 20.2 Å².